The number of fused-ring (bicyclic) bond motifs is 1. The Morgan fingerprint density at radius 2 is 2.06 bits per heavy atom. The van der Waals surface area contributed by atoms with Gasteiger partial charge in [-0.1, -0.05) is 24.0 Å². The van der Waals surface area contributed by atoms with Crippen molar-refractivity contribution in [2.45, 2.75) is 38.1 Å². The molecule has 3 N–H and O–H groups in total. The minimum absolute atomic E-state index is 0.188. The number of aromatic nitrogens is 3. The molecule has 3 amide bonds. The van der Waals surface area contributed by atoms with Gasteiger partial charge in [0.05, 0.1) is 16.6 Å². The molecule has 0 bridgehead atoms. The zero-order valence-corrected chi connectivity index (χ0v) is 18.1. The number of imide groups is 1. The number of nitrogens with two attached hydrogens (primary N) is 1. The molecule has 33 heavy (non-hydrogen) atoms. The maximum atomic E-state index is 13.0. The monoisotopic (exact) mass is 445 g/mol. The number of imidazole rings is 1. The Balaban J connectivity index is 1.56. The van der Waals surface area contributed by atoms with Crippen LogP contribution in [0.3, 0.4) is 0 Å². The van der Waals surface area contributed by atoms with Crippen molar-refractivity contribution < 1.29 is 14.4 Å². The summed E-state index contributed by atoms with van der Waals surface area (Å²) in [6, 6.07) is 8.26. The lowest BCUT2D eigenvalue weighted by atomic mass is 10.1. The van der Waals surface area contributed by atoms with Gasteiger partial charge in [0.1, 0.15) is 11.7 Å². The number of unbranched alkanes of at least 4 members (excludes halogenated alkanes) is 1. The van der Waals surface area contributed by atoms with Gasteiger partial charge < -0.3 is 5.73 Å². The van der Waals surface area contributed by atoms with Gasteiger partial charge in [-0.05, 0) is 43.0 Å². The zero-order valence-electron chi connectivity index (χ0n) is 18.1. The highest BCUT2D eigenvalue weighted by Gasteiger charge is 2.31. The summed E-state index contributed by atoms with van der Waals surface area (Å²) in [7, 11) is 1.64. The van der Waals surface area contributed by atoms with Gasteiger partial charge in [0.25, 0.3) is 5.91 Å². The summed E-state index contributed by atoms with van der Waals surface area (Å²) in [6.07, 6.45) is 3.91. The fourth-order valence-corrected chi connectivity index (χ4v) is 4.16. The van der Waals surface area contributed by atoms with E-state index in [0.29, 0.717) is 35.9 Å². The van der Waals surface area contributed by atoms with Gasteiger partial charge in [-0.15, -0.1) is 0 Å². The third-order valence-electron chi connectivity index (χ3n) is 5.72. The first-order chi connectivity index (χ1) is 15.9. The number of nitrogens with one attached hydrogen (secondary N) is 1. The van der Waals surface area contributed by atoms with E-state index in [1.165, 1.54) is 15.3 Å². The molecule has 4 rings (SSSR count). The molecule has 1 fully saturated rings. The lowest BCUT2D eigenvalue weighted by Gasteiger charge is -2.21. The summed E-state index contributed by atoms with van der Waals surface area (Å²) >= 11 is 0. The van der Waals surface area contributed by atoms with E-state index < -0.39 is 17.9 Å². The molecule has 1 aliphatic rings. The van der Waals surface area contributed by atoms with Gasteiger partial charge in [-0.2, -0.15) is 0 Å². The Kier molecular flexibility index (Phi) is 6.09. The van der Waals surface area contributed by atoms with Crippen molar-refractivity contribution in [2.24, 2.45) is 12.8 Å². The van der Waals surface area contributed by atoms with Crippen LogP contribution < -0.4 is 16.7 Å². The molecule has 0 spiro atoms. The molecule has 168 valence electrons. The van der Waals surface area contributed by atoms with Crippen LogP contribution in [0.5, 0.6) is 0 Å². The average Bonchev–Trinajstić information content (AvgIpc) is 3.05. The SMILES string of the molecule is Cn1c(=O)n(C2CCC(=O)NC2=O)c2cccc(C#CCCCc3cccnc3C(N)=O)c21. The van der Waals surface area contributed by atoms with E-state index in [9.17, 15) is 19.2 Å². The van der Waals surface area contributed by atoms with E-state index in [0.717, 1.165) is 5.56 Å². The molecule has 1 saturated heterocycles. The molecule has 0 aliphatic carbocycles. The minimum atomic E-state index is -0.735. The number of rotatable bonds is 5. The van der Waals surface area contributed by atoms with E-state index in [1.54, 1.807) is 25.2 Å². The van der Waals surface area contributed by atoms with Gasteiger partial charge in [0.2, 0.25) is 11.8 Å². The summed E-state index contributed by atoms with van der Waals surface area (Å²) in [5, 5.41) is 2.31. The predicted octanol–water partition coefficient (Wildman–Crippen LogP) is 1.19. The second kappa shape index (κ2) is 9.12. The quantitative estimate of drug-likeness (QED) is 0.346. The highest BCUT2D eigenvalue weighted by atomic mass is 16.2. The molecule has 0 saturated carbocycles. The van der Waals surface area contributed by atoms with Crippen molar-refractivity contribution in [3.63, 3.8) is 0 Å². The largest absolute Gasteiger partial charge is 0.364 e. The Hall–Kier alpha value is -4.19. The minimum Gasteiger partial charge on any atom is -0.364 e. The predicted molar refractivity (Wildman–Crippen MR) is 121 cm³/mol. The number of hydrogen-bond acceptors (Lipinski definition) is 5. The van der Waals surface area contributed by atoms with Crippen molar-refractivity contribution in [1.82, 2.24) is 19.4 Å². The summed E-state index contributed by atoms with van der Waals surface area (Å²) in [5.74, 6) is 4.91. The summed E-state index contributed by atoms with van der Waals surface area (Å²) < 4.78 is 2.92. The van der Waals surface area contributed by atoms with Crippen LogP contribution in [-0.2, 0) is 23.1 Å². The molecule has 1 aromatic carbocycles. The molecular formula is C24H23N5O4. The standard InChI is InChI=1S/C24H23N5O4/c1-28-21-16(8-4-2-3-7-15-10-6-14-26-20(15)22(25)31)9-5-11-17(21)29(24(28)33)18-12-13-19(30)27-23(18)32/h5-6,9-11,14,18H,2-3,7,12-13H2,1H3,(H2,25,31)(H,27,30,32). The van der Waals surface area contributed by atoms with Crippen molar-refractivity contribution in [3.05, 3.63) is 63.8 Å². The number of primary amides is 1. The number of aryl methyl sites for hydroxylation is 2. The smallest absolute Gasteiger partial charge is 0.329 e. The average molecular weight is 445 g/mol. The van der Waals surface area contributed by atoms with Gasteiger partial charge >= 0.3 is 5.69 Å². The number of carbonyl (C=O) groups excluding carboxylic acids is 3. The topological polar surface area (TPSA) is 129 Å². The van der Waals surface area contributed by atoms with Crippen LogP contribution >= 0.6 is 0 Å². The second-order valence-corrected chi connectivity index (χ2v) is 7.88. The Morgan fingerprint density at radius 3 is 2.82 bits per heavy atom. The highest BCUT2D eigenvalue weighted by molar-refractivity contribution is 6.00. The number of para-hydroxylation sites is 1. The first-order valence-electron chi connectivity index (χ1n) is 10.6. The van der Waals surface area contributed by atoms with Crippen molar-refractivity contribution in [2.75, 3.05) is 0 Å². The molecule has 1 atom stereocenters. The number of benzene rings is 1. The van der Waals surface area contributed by atoms with Gasteiger partial charge in [-0.25, -0.2) is 4.79 Å². The van der Waals surface area contributed by atoms with Crippen LogP contribution in [0.4, 0.5) is 0 Å². The number of pyridine rings is 1. The van der Waals surface area contributed by atoms with E-state index in [4.69, 9.17) is 5.73 Å². The lowest BCUT2D eigenvalue weighted by molar-refractivity contribution is -0.135. The van der Waals surface area contributed by atoms with Crippen LogP contribution in [0.25, 0.3) is 11.0 Å². The van der Waals surface area contributed by atoms with Gasteiger partial charge in [0.15, 0.2) is 0 Å². The van der Waals surface area contributed by atoms with E-state index in [1.807, 2.05) is 12.1 Å². The molecule has 1 aliphatic heterocycles. The maximum absolute atomic E-state index is 13.0. The van der Waals surface area contributed by atoms with E-state index in [-0.39, 0.29) is 30.1 Å². The molecule has 9 nitrogen and oxygen atoms in total. The van der Waals surface area contributed by atoms with Crippen molar-refractivity contribution in [1.29, 1.82) is 0 Å². The van der Waals surface area contributed by atoms with Gasteiger partial charge in [0, 0.05) is 26.1 Å². The van der Waals surface area contributed by atoms with Crippen molar-refractivity contribution in [3.8, 4) is 11.8 Å². The molecule has 9 heteroatoms. The molecule has 2 aromatic heterocycles. The van der Waals surface area contributed by atoms with Crippen LogP contribution in [-0.4, -0.2) is 31.8 Å². The normalized spacial score (nSPS) is 15.7. The maximum Gasteiger partial charge on any atom is 0.329 e. The number of carbonyl (C=O) groups is 3. The second-order valence-electron chi connectivity index (χ2n) is 7.88. The summed E-state index contributed by atoms with van der Waals surface area (Å²) in [4.78, 5) is 52.3. The third kappa shape index (κ3) is 4.28. The first-order valence-corrected chi connectivity index (χ1v) is 10.6. The van der Waals surface area contributed by atoms with Crippen molar-refractivity contribution >= 4 is 28.8 Å². The fraction of sp³-hybridized carbons (Fsp3) is 0.292. The van der Waals surface area contributed by atoms with Crippen LogP contribution in [0.15, 0.2) is 41.3 Å². The first kappa shape index (κ1) is 22.0. The molecule has 0 radical (unpaired) electrons. The highest BCUT2D eigenvalue weighted by Crippen LogP contribution is 2.24. The van der Waals surface area contributed by atoms with Crippen LogP contribution in [0, 0.1) is 11.8 Å². The number of nitrogens with zero attached hydrogens (tertiary/aromatic N) is 3. The van der Waals surface area contributed by atoms with E-state index >= 15 is 0 Å². The lowest BCUT2D eigenvalue weighted by Crippen LogP contribution is -2.44. The molecule has 3 aromatic rings. The number of piperidine rings is 1. The Bertz CT molecular complexity index is 1390. The molecular weight excluding hydrogens is 422 g/mol. The van der Waals surface area contributed by atoms with Crippen LogP contribution in [0.2, 0.25) is 0 Å². The Morgan fingerprint density at radius 1 is 1.24 bits per heavy atom. The molecule has 1 unspecified atom stereocenters. The Labute approximate surface area is 189 Å². The fourth-order valence-electron chi connectivity index (χ4n) is 4.16. The third-order valence-corrected chi connectivity index (χ3v) is 5.72. The zero-order chi connectivity index (χ0) is 23.5. The summed E-state index contributed by atoms with van der Waals surface area (Å²) in [5.41, 5.74) is 8.03. The van der Waals surface area contributed by atoms with E-state index in [2.05, 4.69) is 22.1 Å². The molecule has 3 heterocycles. The number of amides is 3. The van der Waals surface area contributed by atoms with Crippen LogP contribution in [0.1, 0.15) is 53.3 Å². The number of hydrogen-bond donors (Lipinski definition) is 2. The summed E-state index contributed by atoms with van der Waals surface area (Å²) in [6.45, 7) is 0. The van der Waals surface area contributed by atoms with Gasteiger partial charge in [-0.3, -0.25) is 33.8 Å².